The van der Waals surface area contributed by atoms with Crippen molar-refractivity contribution in [3.05, 3.63) is 113 Å². The first-order chi connectivity index (χ1) is 20.1. The van der Waals surface area contributed by atoms with Gasteiger partial charge in [0.2, 0.25) is 0 Å². The Morgan fingerprint density at radius 1 is 1.12 bits per heavy atom. The van der Waals surface area contributed by atoms with Crippen molar-refractivity contribution in [2.24, 2.45) is 0 Å². The van der Waals surface area contributed by atoms with Crippen molar-refractivity contribution in [3.63, 3.8) is 0 Å². The fourth-order valence-corrected chi connectivity index (χ4v) is 6.08. The summed E-state index contributed by atoms with van der Waals surface area (Å²) in [6.45, 7) is 5.54. The number of aromatic nitrogens is 2. The first-order valence-electron chi connectivity index (χ1n) is 14.0. The van der Waals surface area contributed by atoms with Crippen molar-refractivity contribution in [1.82, 2.24) is 14.5 Å². The Balaban J connectivity index is 1.41. The van der Waals surface area contributed by atoms with Crippen molar-refractivity contribution >= 4 is 17.3 Å². The molecule has 3 aromatic rings. The lowest BCUT2D eigenvalue weighted by Crippen LogP contribution is -2.43. The van der Waals surface area contributed by atoms with E-state index in [1.165, 1.54) is 36.1 Å². The van der Waals surface area contributed by atoms with E-state index in [4.69, 9.17) is 4.98 Å². The van der Waals surface area contributed by atoms with Gasteiger partial charge in [-0.15, -0.1) is 5.73 Å². The molecule has 5 rings (SSSR count). The second-order valence-corrected chi connectivity index (χ2v) is 10.6. The molecule has 1 fully saturated rings. The molecule has 2 aliphatic rings. The minimum absolute atomic E-state index is 0.0965. The number of hydrogen-bond acceptors (Lipinski definition) is 3. The predicted octanol–water partition coefficient (Wildman–Crippen LogP) is 8.38. The monoisotopic (exact) mass is 580 g/mol. The Morgan fingerprint density at radius 2 is 1.88 bits per heavy atom. The molecule has 2 aromatic carbocycles. The largest absolute Gasteiger partial charge is 0.408 e. The summed E-state index contributed by atoms with van der Waals surface area (Å²) in [7, 11) is 1.63. The molecule has 220 valence electrons. The summed E-state index contributed by atoms with van der Waals surface area (Å²) in [4.78, 5) is 6.20. The van der Waals surface area contributed by atoms with E-state index in [9.17, 15) is 22.0 Å². The molecule has 0 saturated carbocycles. The van der Waals surface area contributed by atoms with E-state index in [1.807, 2.05) is 24.3 Å². The molecule has 1 aliphatic heterocycles. The van der Waals surface area contributed by atoms with Gasteiger partial charge in [-0.2, -0.15) is 13.2 Å². The number of likely N-dealkylation sites (tertiary alicyclic amines) is 1. The smallest absolute Gasteiger partial charge is 0.388 e. The number of nitrogens with zero attached hydrogens (tertiary/aromatic N) is 3. The third-order valence-corrected chi connectivity index (χ3v) is 7.98. The summed E-state index contributed by atoms with van der Waals surface area (Å²) in [5.74, 6) is 0.0105. The number of piperidine rings is 1. The lowest BCUT2D eigenvalue weighted by Gasteiger charge is -2.38. The molecule has 0 amide bonds. The summed E-state index contributed by atoms with van der Waals surface area (Å²) < 4.78 is 74.2. The van der Waals surface area contributed by atoms with Crippen LogP contribution in [0.4, 0.5) is 27.6 Å². The fourth-order valence-electron chi connectivity index (χ4n) is 6.08. The number of fused-ring (bicyclic) bond motifs is 1. The highest BCUT2D eigenvalue weighted by molar-refractivity contribution is 5.86. The van der Waals surface area contributed by atoms with Crippen molar-refractivity contribution in [3.8, 4) is 0 Å². The van der Waals surface area contributed by atoms with E-state index in [0.29, 0.717) is 53.2 Å². The highest BCUT2D eigenvalue weighted by atomic mass is 19.4. The maximum atomic E-state index is 14.8. The van der Waals surface area contributed by atoms with E-state index in [-0.39, 0.29) is 24.6 Å². The second kappa shape index (κ2) is 12.1. The molecule has 2 atom stereocenters. The van der Waals surface area contributed by atoms with Crippen molar-refractivity contribution in [2.45, 2.75) is 50.6 Å². The Morgan fingerprint density at radius 3 is 2.52 bits per heavy atom. The van der Waals surface area contributed by atoms with E-state index >= 15 is 0 Å². The normalized spacial score (nSPS) is 17.3. The third-order valence-electron chi connectivity index (χ3n) is 7.98. The minimum atomic E-state index is -4.53. The molecule has 0 bridgehead atoms. The fraction of sp³-hybridized carbons (Fsp3) is 0.333. The van der Waals surface area contributed by atoms with Gasteiger partial charge >= 0.3 is 6.18 Å². The number of imidazole rings is 1. The summed E-state index contributed by atoms with van der Waals surface area (Å²) in [6, 6.07) is 8.64. The first-order valence-corrected chi connectivity index (χ1v) is 14.0. The molecule has 1 aliphatic carbocycles. The van der Waals surface area contributed by atoms with Crippen LogP contribution in [0.2, 0.25) is 0 Å². The summed E-state index contributed by atoms with van der Waals surface area (Å²) in [6.07, 6.45) is 3.14. The van der Waals surface area contributed by atoms with Crippen LogP contribution in [0.25, 0.3) is 11.6 Å². The molecular formula is C33H33F5N4. The number of allylic oxidation sites excluding steroid dienone is 3. The van der Waals surface area contributed by atoms with Crippen LogP contribution in [-0.4, -0.2) is 40.8 Å². The van der Waals surface area contributed by atoms with E-state index in [0.717, 1.165) is 5.69 Å². The molecule has 1 N–H and O–H groups in total. The van der Waals surface area contributed by atoms with Crippen LogP contribution in [0, 0.1) is 5.82 Å². The lowest BCUT2D eigenvalue weighted by molar-refractivity contribution is -0.189. The average Bonchev–Trinajstić information content (AvgIpc) is 3.17. The number of halogens is 5. The van der Waals surface area contributed by atoms with Gasteiger partial charge < -0.3 is 5.32 Å². The van der Waals surface area contributed by atoms with Gasteiger partial charge in [-0.05, 0) is 68.3 Å². The highest BCUT2D eigenvalue weighted by Gasteiger charge is 2.46. The maximum Gasteiger partial charge on any atom is 0.408 e. The third kappa shape index (κ3) is 5.85. The Hall–Kier alpha value is -3.94. The van der Waals surface area contributed by atoms with Crippen molar-refractivity contribution in [2.75, 3.05) is 25.5 Å². The van der Waals surface area contributed by atoms with Crippen molar-refractivity contribution < 1.29 is 22.0 Å². The van der Waals surface area contributed by atoms with Gasteiger partial charge in [-0.1, -0.05) is 49.1 Å². The molecule has 1 saturated heterocycles. The summed E-state index contributed by atoms with van der Waals surface area (Å²) in [5.41, 5.74) is 6.43. The molecule has 9 heteroatoms. The Kier molecular flexibility index (Phi) is 8.53. The number of rotatable bonds is 7. The molecule has 2 unspecified atom stereocenters. The quantitative estimate of drug-likeness (QED) is 0.225. The molecule has 42 heavy (non-hydrogen) atoms. The standard InChI is InChI=1S/C33H33F5N4/c1-4-26(23-9-8-10-25(35)19-23)27-14-13-24(20-29(27)39-3)31(33(36,37)38)41-17-15-22(16-18-41)32-40-28-11-6-5-7-12-30(28)42(32)21(2)34/h5-10,12-14,19-22,31,39H,1,11,15-18H2,2-3H3. The van der Waals surface area contributed by atoms with Crippen LogP contribution in [0.5, 0.6) is 0 Å². The summed E-state index contributed by atoms with van der Waals surface area (Å²) in [5, 5.41) is 2.99. The minimum Gasteiger partial charge on any atom is -0.388 e. The molecular weight excluding hydrogens is 547 g/mol. The van der Waals surface area contributed by atoms with E-state index < -0.39 is 24.3 Å². The molecule has 4 nitrogen and oxygen atoms in total. The zero-order valence-electron chi connectivity index (χ0n) is 23.6. The van der Waals surface area contributed by atoms with Crippen molar-refractivity contribution in [1.29, 1.82) is 0 Å². The van der Waals surface area contributed by atoms with Gasteiger partial charge in [-0.25, -0.2) is 13.8 Å². The van der Waals surface area contributed by atoms with Crippen LogP contribution in [0.3, 0.4) is 0 Å². The zero-order chi connectivity index (χ0) is 30.0. The van der Waals surface area contributed by atoms with E-state index in [2.05, 4.69) is 17.6 Å². The zero-order valence-corrected chi connectivity index (χ0v) is 23.6. The molecule has 0 radical (unpaired) electrons. The second-order valence-electron chi connectivity index (χ2n) is 10.6. The Labute approximate surface area is 242 Å². The van der Waals surface area contributed by atoms with Gasteiger partial charge in [0.05, 0.1) is 11.4 Å². The lowest BCUT2D eigenvalue weighted by atomic mass is 9.91. The highest BCUT2D eigenvalue weighted by Crippen LogP contribution is 2.43. The van der Waals surface area contributed by atoms with Crippen LogP contribution in [0.1, 0.15) is 71.9 Å². The van der Waals surface area contributed by atoms with Crippen LogP contribution >= 0.6 is 0 Å². The van der Waals surface area contributed by atoms with Gasteiger partial charge in [0.1, 0.15) is 17.7 Å². The summed E-state index contributed by atoms with van der Waals surface area (Å²) >= 11 is 0. The number of benzene rings is 2. The molecule has 1 aromatic heterocycles. The van der Waals surface area contributed by atoms with Crippen LogP contribution in [-0.2, 0) is 6.42 Å². The van der Waals surface area contributed by atoms with Gasteiger partial charge in [-0.3, -0.25) is 9.47 Å². The van der Waals surface area contributed by atoms with Gasteiger partial charge in [0, 0.05) is 36.2 Å². The average molecular weight is 581 g/mol. The number of anilines is 1. The van der Waals surface area contributed by atoms with E-state index in [1.54, 1.807) is 29.8 Å². The molecule has 2 heterocycles. The number of alkyl halides is 4. The number of nitrogens with one attached hydrogen (secondary N) is 1. The topological polar surface area (TPSA) is 33.1 Å². The van der Waals surface area contributed by atoms with Gasteiger partial charge in [0.15, 0.2) is 6.30 Å². The van der Waals surface area contributed by atoms with Gasteiger partial charge in [0.25, 0.3) is 0 Å². The Bertz CT molecular complexity index is 1550. The maximum absolute atomic E-state index is 14.8. The van der Waals surface area contributed by atoms with Crippen LogP contribution in [0.15, 0.2) is 73.0 Å². The molecule has 0 spiro atoms. The SMILES string of the molecule is C=C=C(c1cccc(F)c1)c1ccc(C(N2CCC(c3nc4c(n3C(C)F)C=CC=CC4)CC2)C(F)(F)F)cc1NC. The first kappa shape index (κ1) is 29.5. The van der Waals surface area contributed by atoms with Crippen LogP contribution < -0.4 is 5.32 Å². The number of hydrogen-bond donors (Lipinski definition) is 1. The predicted molar refractivity (Wildman–Crippen MR) is 156 cm³/mol.